The molecule has 0 radical (unpaired) electrons. The van der Waals surface area contributed by atoms with Gasteiger partial charge < -0.3 is 10.5 Å². The topological polar surface area (TPSA) is 69.4 Å². The molecule has 2 aliphatic carbocycles. The first kappa shape index (κ1) is 7.35. The minimum atomic E-state index is -0.324. The smallest absolute Gasteiger partial charge is 0.310 e. The number of nitrogens with two attached hydrogens (primary N) is 1. The Bertz CT molecular complexity index is 299. The Labute approximate surface area is 75.4 Å². The molecule has 3 rings (SSSR count). The van der Waals surface area contributed by atoms with Crippen LogP contribution in [-0.2, 0) is 14.3 Å². The lowest BCUT2D eigenvalue weighted by atomic mass is 9.80. The first-order valence-corrected chi connectivity index (χ1v) is 4.68. The summed E-state index contributed by atoms with van der Waals surface area (Å²) in [6, 6.07) is 0. The van der Waals surface area contributed by atoms with Crippen LogP contribution in [0, 0.1) is 23.7 Å². The van der Waals surface area contributed by atoms with Crippen molar-refractivity contribution in [3.8, 4) is 0 Å². The second-order valence-corrected chi connectivity index (χ2v) is 4.32. The maximum atomic E-state index is 11.4. The predicted molar refractivity (Wildman–Crippen MR) is 42.3 cm³/mol. The number of carbonyl (C=O) groups excluding carboxylic acids is 2. The van der Waals surface area contributed by atoms with E-state index in [4.69, 9.17) is 10.5 Å². The van der Waals surface area contributed by atoms with Gasteiger partial charge in [0.25, 0.3) is 0 Å². The summed E-state index contributed by atoms with van der Waals surface area (Å²) in [5.41, 5.74) is 5.28. The lowest BCUT2D eigenvalue weighted by Gasteiger charge is -2.20. The van der Waals surface area contributed by atoms with Gasteiger partial charge in [-0.3, -0.25) is 9.59 Å². The maximum Gasteiger partial charge on any atom is 0.310 e. The third-order valence-electron chi connectivity index (χ3n) is 3.81. The molecule has 0 unspecified atom stereocenters. The number of rotatable bonds is 1. The fraction of sp³-hybridized carbons (Fsp3) is 0.778. The monoisotopic (exact) mass is 181 g/mol. The largest absolute Gasteiger partial charge is 0.462 e. The quantitative estimate of drug-likeness (QED) is 0.563. The van der Waals surface area contributed by atoms with Crippen molar-refractivity contribution in [2.24, 2.45) is 29.4 Å². The SMILES string of the molecule is NC(=O)[C@@H]1[C@H]2C[C@H]3[C@@H]1C(=O)O[C@@H]3C2. The molecule has 70 valence electrons. The summed E-state index contributed by atoms with van der Waals surface area (Å²) in [6.07, 6.45) is 1.90. The molecule has 5 atom stereocenters. The predicted octanol–water partition coefficient (Wildman–Crippen LogP) is -0.331. The third kappa shape index (κ3) is 0.716. The molecular formula is C9H11NO3. The molecule has 0 aromatic rings. The Morgan fingerprint density at radius 1 is 1.46 bits per heavy atom. The van der Waals surface area contributed by atoms with Crippen molar-refractivity contribution < 1.29 is 14.3 Å². The number of fused-ring (bicyclic) bond motifs is 1. The molecule has 13 heavy (non-hydrogen) atoms. The molecule has 2 bridgehead atoms. The maximum absolute atomic E-state index is 11.4. The Hall–Kier alpha value is -1.06. The van der Waals surface area contributed by atoms with Gasteiger partial charge in [-0.05, 0) is 18.8 Å². The van der Waals surface area contributed by atoms with Crippen LogP contribution in [0.1, 0.15) is 12.8 Å². The lowest BCUT2D eigenvalue weighted by molar-refractivity contribution is -0.145. The first-order chi connectivity index (χ1) is 6.18. The Kier molecular flexibility index (Phi) is 1.16. The van der Waals surface area contributed by atoms with Gasteiger partial charge in [-0.15, -0.1) is 0 Å². The summed E-state index contributed by atoms with van der Waals surface area (Å²) in [7, 11) is 0. The molecule has 1 heterocycles. The lowest BCUT2D eigenvalue weighted by Crippen LogP contribution is -2.36. The molecule has 1 amide bonds. The number of hydrogen-bond acceptors (Lipinski definition) is 3. The summed E-state index contributed by atoms with van der Waals surface area (Å²) in [5, 5.41) is 0. The number of ether oxygens (including phenoxy) is 1. The second kappa shape index (κ2) is 2.05. The highest BCUT2D eigenvalue weighted by atomic mass is 16.6. The van der Waals surface area contributed by atoms with Crippen molar-refractivity contribution in [2.75, 3.05) is 0 Å². The molecule has 3 aliphatic rings. The van der Waals surface area contributed by atoms with Gasteiger partial charge in [0.1, 0.15) is 6.10 Å². The van der Waals surface area contributed by atoms with Gasteiger partial charge in [0.05, 0.1) is 11.8 Å². The highest BCUT2D eigenvalue weighted by Gasteiger charge is 2.63. The second-order valence-electron chi connectivity index (χ2n) is 4.32. The zero-order valence-corrected chi connectivity index (χ0v) is 7.10. The van der Waals surface area contributed by atoms with E-state index < -0.39 is 0 Å². The van der Waals surface area contributed by atoms with Crippen LogP contribution >= 0.6 is 0 Å². The Morgan fingerprint density at radius 3 is 2.92 bits per heavy atom. The molecule has 4 heteroatoms. The van der Waals surface area contributed by atoms with E-state index >= 15 is 0 Å². The highest BCUT2D eigenvalue weighted by molar-refractivity contribution is 5.87. The minimum absolute atomic E-state index is 0.0955. The van der Waals surface area contributed by atoms with Crippen LogP contribution in [0.4, 0.5) is 0 Å². The summed E-state index contributed by atoms with van der Waals surface area (Å²) in [6.45, 7) is 0. The molecule has 2 saturated carbocycles. The summed E-state index contributed by atoms with van der Waals surface area (Å²) < 4.78 is 5.17. The molecule has 1 aliphatic heterocycles. The van der Waals surface area contributed by atoms with Crippen molar-refractivity contribution in [1.82, 2.24) is 0 Å². The van der Waals surface area contributed by atoms with Crippen LogP contribution in [0.2, 0.25) is 0 Å². The Morgan fingerprint density at radius 2 is 2.23 bits per heavy atom. The van der Waals surface area contributed by atoms with E-state index in [0.717, 1.165) is 12.8 Å². The third-order valence-corrected chi connectivity index (χ3v) is 3.81. The molecule has 2 N–H and O–H groups in total. The van der Waals surface area contributed by atoms with E-state index in [1.807, 2.05) is 0 Å². The van der Waals surface area contributed by atoms with Gasteiger partial charge in [-0.1, -0.05) is 0 Å². The van der Waals surface area contributed by atoms with E-state index in [9.17, 15) is 9.59 Å². The summed E-state index contributed by atoms with van der Waals surface area (Å²) in [5.74, 6) is -0.370. The van der Waals surface area contributed by atoms with Gasteiger partial charge in [0.15, 0.2) is 0 Å². The van der Waals surface area contributed by atoms with Crippen molar-refractivity contribution in [2.45, 2.75) is 18.9 Å². The molecule has 0 spiro atoms. The van der Waals surface area contributed by atoms with Gasteiger partial charge in [0.2, 0.25) is 5.91 Å². The first-order valence-electron chi connectivity index (χ1n) is 4.68. The van der Waals surface area contributed by atoms with Crippen molar-refractivity contribution in [3.05, 3.63) is 0 Å². The van der Waals surface area contributed by atoms with E-state index in [-0.39, 0.29) is 35.7 Å². The summed E-state index contributed by atoms with van der Waals surface area (Å²) in [4.78, 5) is 22.5. The van der Waals surface area contributed by atoms with Crippen LogP contribution in [0.15, 0.2) is 0 Å². The van der Waals surface area contributed by atoms with E-state index in [0.29, 0.717) is 5.92 Å². The van der Waals surface area contributed by atoms with Crippen LogP contribution in [0.5, 0.6) is 0 Å². The number of amides is 1. The fourth-order valence-electron chi connectivity index (χ4n) is 3.40. The molecule has 1 saturated heterocycles. The fourth-order valence-corrected chi connectivity index (χ4v) is 3.40. The van der Waals surface area contributed by atoms with Crippen LogP contribution < -0.4 is 5.73 Å². The van der Waals surface area contributed by atoms with Crippen molar-refractivity contribution >= 4 is 11.9 Å². The average molecular weight is 181 g/mol. The number of hydrogen-bond donors (Lipinski definition) is 1. The zero-order chi connectivity index (χ0) is 9.16. The van der Waals surface area contributed by atoms with Crippen LogP contribution in [0.3, 0.4) is 0 Å². The standard InChI is InChI=1S/C9H11NO3/c10-8(11)6-3-1-4-5(2-3)13-9(12)7(4)6/h3-7H,1-2H2,(H2,10,11)/t3-,4+,5+,6+,7-/m0/s1. The normalized spacial score (nSPS) is 51.1. The molecule has 0 aromatic carbocycles. The number of esters is 1. The van der Waals surface area contributed by atoms with Crippen molar-refractivity contribution in [1.29, 1.82) is 0 Å². The van der Waals surface area contributed by atoms with Gasteiger partial charge in [-0.25, -0.2) is 0 Å². The van der Waals surface area contributed by atoms with Gasteiger partial charge in [0, 0.05) is 5.92 Å². The Balaban J connectivity index is 2.01. The minimum Gasteiger partial charge on any atom is -0.462 e. The van der Waals surface area contributed by atoms with Crippen molar-refractivity contribution in [3.63, 3.8) is 0 Å². The van der Waals surface area contributed by atoms with Crippen LogP contribution in [0.25, 0.3) is 0 Å². The van der Waals surface area contributed by atoms with Gasteiger partial charge in [-0.2, -0.15) is 0 Å². The van der Waals surface area contributed by atoms with E-state index in [1.54, 1.807) is 0 Å². The molecule has 0 aromatic heterocycles. The van der Waals surface area contributed by atoms with E-state index in [1.165, 1.54) is 0 Å². The number of carbonyl (C=O) groups is 2. The molecule has 3 fully saturated rings. The van der Waals surface area contributed by atoms with Crippen LogP contribution in [-0.4, -0.2) is 18.0 Å². The molecule has 4 nitrogen and oxygen atoms in total. The highest BCUT2D eigenvalue weighted by Crippen LogP contribution is 2.57. The summed E-state index contributed by atoms with van der Waals surface area (Å²) >= 11 is 0. The zero-order valence-electron chi connectivity index (χ0n) is 7.10. The molecular weight excluding hydrogens is 170 g/mol. The average Bonchev–Trinajstić information content (AvgIpc) is 2.60. The van der Waals surface area contributed by atoms with E-state index in [2.05, 4.69) is 0 Å². The van der Waals surface area contributed by atoms with Gasteiger partial charge >= 0.3 is 5.97 Å². The number of primary amides is 1.